The first kappa shape index (κ1) is 19.7. The number of rotatable bonds is 7. The van der Waals surface area contributed by atoms with Crippen molar-refractivity contribution in [3.8, 4) is 5.88 Å². The molecule has 156 valence electrons. The number of hydrogen-bond acceptors (Lipinski definition) is 5. The molecule has 0 spiro atoms. The number of ether oxygens (including phenoxy) is 1. The van der Waals surface area contributed by atoms with E-state index in [0.717, 1.165) is 18.5 Å². The molecule has 0 bridgehead atoms. The number of nitrogens with one attached hydrogen (secondary N) is 3. The SMILES string of the molecule is CC(NC(=O)Nc1cc2[nH]nc(OCCN3CCCC3=O)c2cn1)c1ccccc1. The number of aromatic nitrogens is 3. The summed E-state index contributed by atoms with van der Waals surface area (Å²) in [6, 6.07) is 10.9. The van der Waals surface area contributed by atoms with Gasteiger partial charge in [-0.3, -0.25) is 15.2 Å². The van der Waals surface area contributed by atoms with Gasteiger partial charge in [-0.1, -0.05) is 30.3 Å². The second-order valence-corrected chi connectivity index (χ2v) is 7.21. The normalized spacial score (nSPS) is 14.7. The van der Waals surface area contributed by atoms with E-state index in [9.17, 15) is 9.59 Å². The standard InChI is InChI=1S/C21H24N6O3/c1-14(15-6-3-2-4-7-15)23-21(29)24-18-12-17-16(13-22-18)20(26-25-17)30-11-10-27-9-5-8-19(27)28/h2-4,6-7,12-14H,5,8-11H2,1H3,(H,25,26)(H2,22,23,24,29). The number of carbonyl (C=O) groups is 2. The molecule has 1 aromatic carbocycles. The van der Waals surface area contributed by atoms with Crippen LogP contribution in [0.2, 0.25) is 0 Å². The van der Waals surface area contributed by atoms with E-state index in [-0.39, 0.29) is 18.0 Å². The van der Waals surface area contributed by atoms with E-state index in [1.807, 2.05) is 37.3 Å². The number of benzene rings is 1. The number of likely N-dealkylation sites (tertiary alicyclic amines) is 1. The average molecular weight is 408 g/mol. The molecule has 3 N–H and O–H groups in total. The maximum absolute atomic E-state index is 12.3. The molecule has 0 saturated carbocycles. The van der Waals surface area contributed by atoms with E-state index in [1.54, 1.807) is 17.2 Å². The van der Waals surface area contributed by atoms with Crippen molar-refractivity contribution in [3.63, 3.8) is 0 Å². The molecule has 1 atom stereocenters. The fraction of sp³-hybridized carbons (Fsp3) is 0.333. The number of H-pyrrole nitrogens is 1. The second-order valence-electron chi connectivity index (χ2n) is 7.21. The van der Waals surface area contributed by atoms with Crippen LogP contribution in [0.15, 0.2) is 42.6 Å². The van der Waals surface area contributed by atoms with Crippen molar-refractivity contribution in [3.05, 3.63) is 48.2 Å². The lowest BCUT2D eigenvalue weighted by molar-refractivity contribution is -0.128. The van der Waals surface area contributed by atoms with Crippen LogP contribution >= 0.6 is 0 Å². The lowest BCUT2D eigenvalue weighted by Gasteiger charge is -2.15. The zero-order valence-corrected chi connectivity index (χ0v) is 16.7. The molecule has 0 radical (unpaired) electrons. The Labute approximate surface area is 173 Å². The van der Waals surface area contributed by atoms with Crippen molar-refractivity contribution in [2.24, 2.45) is 0 Å². The van der Waals surface area contributed by atoms with Gasteiger partial charge in [0.1, 0.15) is 12.4 Å². The highest BCUT2D eigenvalue weighted by Crippen LogP contribution is 2.24. The minimum atomic E-state index is -0.343. The summed E-state index contributed by atoms with van der Waals surface area (Å²) in [4.78, 5) is 30.0. The molecule has 3 amide bonds. The van der Waals surface area contributed by atoms with Crippen LogP contribution in [-0.2, 0) is 4.79 Å². The summed E-state index contributed by atoms with van der Waals surface area (Å²) in [5.74, 6) is 0.999. The van der Waals surface area contributed by atoms with Crippen LogP contribution < -0.4 is 15.4 Å². The summed E-state index contributed by atoms with van der Waals surface area (Å²) in [5.41, 5.74) is 1.71. The van der Waals surface area contributed by atoms with Crippen molar-refractivity contribution < 1.29 is 14.3 Å². The Morgan fingerprint density at radius 3 is 2.93 bits per heavy atom. The number of carbonyl (C=O) groups excluding carboxylic acids is 2. The van der Waals surface area contributed by atoms with Crippen LogP contribution in [0.5, 0.6) is 5.88 Å². The molecule has 2 aromatic heterocycles. The van der Waals surface area contributed by atoms with Crippen molar-refractivity contribution in [2.75, 3.05) is 25.0 Å². The fourth-order valence-corrected chi connectivity index (χ4v) is 3.43. The number of fused-ring (bicyclic) bond motifs is 1. The van der Waals surface area contributed by atoms with Gasteiger partial charge in [0, 0.05) is 25.2 Å². The van der Waals surface area contributed by atoms with Crippen molar-refractivity contribution in [1.29, 1.82) is 0 Å². The molecule has 9 nitrogen and oxygen atoms in total. The average Bonchev–Trinajstić information content (AvgIpc) is 3.34. The van der Waals surface area contributed by atoms with Gasteiger partial charge >= 0.3 is 6.03 Å². The van der Waals surface area contributed by atoms with Gasteiger partial charge in [0.2, 0.25) is 11.8 Å². The molecule has 1 aliphatic rings. The number of pyridine rings is 1. The van der Waals surface area contributed by atoms with Gasteiger partial charge in [0.05, 0.1) is 23.5 Å². The fourth-order valence-electron chi connectivity index (χ4n) is 3.43. The minimum absolute atomic E-state index is 0.135. The Balaban J connectivity index is 1.33. The number of amides is 3. The maximum atomic E-state index is 12.3. The Morgan fingerprint density at radius 1 is 1.33 bits per heavy atom. The third kappa shape index (κ3) is 4.51. The van der Waals surface area contributed by atoms with E-state index in [1.165, 1.54) is 0 Å². The number of hydrogen-bond donors (Lipinski definition) is 3. The van der Waals surface area contributed by atoms with Crippen LogP contribution in [0.1, 0.15) is 31.4 Å². The zero-order valence-electron chi connectivity index (χ0n) is 16.7. The molecule has 30 heavy (non-hydrogen) atoms. The number of anilines is 1. The van der Waals surface area contributed by atoms with E-state index in [0.29, 0.717) is 42.2 Å². The van der Waals surface area contributed by atoms with E-state index in [4.69, 9.17) is 4.74 Å². The Hall–Kier alpha value is -3.62. The Kier molecular flexibility index (Phi) is 5.78. The largest absolute Gasteiger partial charge is 0.474 e. The lowest BCUT2D eigenvalue weighted by atomic mass is 10.1. The van der Waals surface area contributed by atoms with E-state index < -0.39 is 0 Å². The lowest BCUT2D eigenvalue weighted by Crippen LogP contribution is -2.31. The summed E-state index contributed by atoms with van der Waals surface area (Å²) >= 11 is 0. The summed E-state index contributed by atoms with van der Waals surface area (Å²) in [6.07, 6.45) is 3.12. The van der Waals surface area contributed by atoms with Gasteiger partial charge in [-0.05, 0) is 18.9 Å². The third-order valence-corrected chi connectivity index (χ3v) is 5.07. The molecule has 1 saturated heterocycles. The molecular weight excluding hydrogens is 384 g/mol. The zero-order chi connectivity index (χ0) is 20.9. The van der Waals surface area contributed by atoms with Crippen LogP contribution in [0.3, 0.4) is 0 Å². The van der Waals surface area contributed by atoms with Crippen LogP contribution in [0.4, 0.5) is 10.6 Å². The van der Waals surface area contributed by atoms with Gasteiger partial charge in [0.15, 0.2) is 0 Å². The highest BCUT2D eigenvalue weighted by Gasteiger charge is 2.20. The topological polar surface area (TPSA) is 112 Å². The summed E-state index contributed by atoms with van der Waals surface area (Å²) in [6.45, 7) is 3.61. The quantitative estimate of drug-likeness (QED) is 0.556. The first-order chi connectivity index (χ1) is 14.6. The summed E-state index contributed by atoms with van der Waals surface area (Å²) < 4.78 is 5.72. The number of urea groups is 1. The highest BCUT2D eigenvalue weighted by atomic mass is 16.5. The van der Waals surface area contributed by atoms with E-state index >= 15 is 0 Å². The number of aromatic amines is 1. The minimum Gasteiger partial charge on any atom is -0.474 e. The maximum Gasteiger partial charge on any atom is 0.320 e. The van der Waals surface area contributed by atoms with Crippen molar-refractivity contribution in [2.45, 2.75) is 25.8 Å². The molecule has 4 rings (SSSR count). The highest BCUT2D eigenvalue weighted by molar-refractivity contribution is 5.92. The monoisotopic (exact) mass is 408 g/mol. The van der Waals surface area contributed by atoms with Gasteiger partial charge in [-0.25, -0.2) is 9.78 Å². The van der Waals surface area contributed by atoms with Crippen LogP contribution in [0.25, 0.3) is 10.9 Å². The molecule has 9 heteroatoms. The molecule has 3 heterocycles. The molecule has 3 aromatic rings. The third-order valence-electron chi connectivity index (χ3n) is 5.07. The second kappa shape index (κ2) is 8.81. The van der Waals surface area contributed by atoms with Crippen molar-refractivity contribution >= 4 is 28.7 Å². The summed E-state index contributed by atoms with van der Waals surface area (Å²) in [5, 5.41) is 13.4. The summed E-state index contributed by atoms with van der Waals surface area (Å²) in [7, 11) is 0. The predicted octanol–water partition coefficient (Wildman–Crippen LogP) is 2.84. The van der Waals surface area contributed by atoms with Crippen LogP contribution in [-0.4, -0.2) is 51.7 Å². The first-order valence-electron chi connectivity index (χ1n) is 9.97. The Bertz CT molecular complexity index is 1040. The van der Waals surface area contributed by atoms with Gasteiger partial charge in [0.25, 0.3) is 0 Å². The van der Waals surface area contributed by atoms with Crippen molar-refractivity contribution in [1.82, 2.24) is 25.4 Å². The number of nitrogens with zero attached hydrogens (tertiary/aromatic N) is 3. The van der Waals surface area contributed by atoms with E-state index in [2.05, 4.69) is 25.8 Å². The van der Waals surface area contributed by atoms with Gasteiger partial charge < -0.3 is 15.0 Å². The predicted molar refractivity (Wildman–Crippen MR) is 112 cm³/mol. The van der Waals surface area contributed by atoms with Gasteiger partial charge in [-0.2, -0.15) is 0 Å². The Morgan fingerprint density at radius 2 is 2.17 bits per heavy atom. The molecule has 1 fully saturated rings. The molecular formula is C21H24N6O3. The van der Waals surface area contributed by atoms with Gasteiger partial charge in [-0.15, -0.1) is 5.10 Å². The molecule has 1 unspecified atom stereocenters. The smallest absolute Gasteiger partial charge is 0.320 e. The molecule has 0 aliphatic carbocycles. The molecule has 1 aliphatic heterocycles. The first-order valence-corrected chi connectivity index (χ1v) is 9.97. The van der Waals surface area contributed by atoms with Crippen LogP contribution in [0, 0.1) is 0 Å².